The number of aromatic nitrogens is 4. The zero-order valence-corrected chi connectivity index (χ0v) is 16.6. The van der Waals surface area contributed by atoms with Crippen LogP contribution in [0.15, 0.2) is 78.2 Å². The number of halogens is 2. The number of benzene rings is 1. The van der Waals surface area contributed by atoms with Crippen LogP contribution in [-0.4, -0.2) is 27.3 Å². The summed E-state index contributed by atoms with van der Waals surface area (Å²) >= 11 is 0. The molecule has 9 heteroatoms. The lowest BCUT2D eigenvalue weighted by Gasteiger charge is -2.07. The number of fused-ring (bicyclic) bond motifs is 2. The summed E-state index contributed by atoms with van der Waals surface area (Å²) in [5, 5.41) is 1.25. The van der Waals surface area contributed by atoms with Gasteiger partial charge in [0.05, 0.1) is 17.3 Å². The van der Waals surface area contributed by atoms with Crippen molar-refractivity contribution in [1.29, 1.82) is 0 Å². The number of aromatic amines is 1. The van der Waals surface area contributed by atoms with E-state index in [0.29, 0.717) is 5.39 Å². The molecule has 1 N–H and O–H groups in total. The smallest absolute Gasteiger partial charge is 0.269 e. The number of rotatable bonds is 2. The van der Waals surface area contributed by atoms with Crippen LogP contribution in [0.4, 0.5) is 8.78 Å². The van der Waals surface area contributed by atoms with Crippen molar-refractivity contribution in [3.8, 4) is 0 Å². The molecular formula is C21H16F2N4O2S. The molecule has 0 aliphatic rings. The van der Waals surface area contributed by atoms with Crippen molar-refractivity contribution >= 4 is 32.1 Å². The predicted molar refractivity (Wildman–Crippen MR) is 110 cm³/mol. The van der Waals surface area contributed by atoms with Gasteiger partial charge in [-0.05, 0) is 43.3 Å². The number of H-pyrrole nitrogens is 1. The van der Waals surface area contributed by atoms with Crippen LogP contribution in [0.3, 0.4) is 0 Å². The van der Waals surface area contributed by atoms with E-state index in [-0.39, 0.29) is 16.4 Å². The fourth-order valence-electron chi connectivity index (χ4n) is 2.90. The number of nitrogens with zero attached hydrogens (tertiary/aromatic N) is 3. The molecule has 5 rings (SSSR count). The quantitative estimate of drug-likeness (QED) is 0.453. The molecule has 4 aromatic heterocycles. The Morgan fingerprint density at radius 3 is 2.30 bits per heavy atom. The maximum absolute atomic E-state index is 13.1. The van der Waals surface area contributed by atoms with E-state index in [4.69, 9.17) is 0 Å². The van der Waals surface area contributed by atoms with E-state index in [0.717, 1.165) is 26.8 Å². The summed E-state index contributed by atoms with van der Waals surface area (Å²) in [6.07, 6.45) is 5.31. The van der Waals surface area contributed by atoms with Crippen LogP contribution in [0.5, 0.6) is 0 Å². The number of nitrogens with one attached hydrogen (secondary N) is 1. The fourth-order valence-corrected chi connectivity index (χ4v) is 4.21. The van der Waals surface area contributed by atoms with Crippen molar-refractivity contribution in [3.63, 3.8) is 0 Å². The molecule has 6 nitrogen and oxygen atoms in total. The lowest BCUT2D eigenvalue weighted by molar-refractivity contribution is 0.588. The minimum absolute atomic E-state index is 0.173. The normalized spacial score (nSPS) is 11.4. The van der Waals surface area contributed by atoms with Gasteiger partial charge in [-0.1, -0.05) is 17.7 Å². The first-order valence-corrected chi connectivity index (χ1v) is 10.3. The molecule has 0 fully saturated rings. The molecule has 0 spiro atoms. The van der Waals surface area contributed by atoms with Crippen LogP contribution < -0.4 is 0 Å². The third-order valence-electron chi connectivity index (χ3n) is 4.40. The van der Waals surface area contributed by atoms with Crippen LogP contribution in [-0.2, 0) is 10.0 Å². The van der Waals surface area contributed by atoms with Crippen molar-refractivity contribution < 1.29 is 17.2 Å². The fraction of sp³-hybridized carbons (Fsp3) is 0.0476. The van der Waals surface area contributed by atoms with Gasteiger partial charge in [0, 0.05) is 23.2 Å². The van der Waals surface area contributed by atoms with E-state index in [1.807, 2.05) is 6.92 Å². The van der Waals surface area contributed by atoms with Crippen molar-refractivity contribution in [3.05, 3.63) is 90.5 Å². The van der Waals surface area contributed by atoms with Crippen LogP contribution in [0.1, 0.15) is 5.56 Å². The highest BCUT2D eigenvalue weighted by atomic mass is 32.2. The second kappa shape index (κ2) is 7.68. The standard InChI is InChI=1S/C14H11FN2O2S.C7H5FN2/c1-10-2-4-13(5-3-10)20(18,19)17-7-6-11-8-12(15)9-16-14(11)17;8-6-3-5-1-2-9-7(5)10-4-6/h2-9H,1H3;1-4H,(H,9,10). The van der Waals surface area contributed by atoms with Gasteiger partial charge in [-0.15, -0.1) is 0 Å². The maximum atomic E-state index is 13.1. The number of pyridine rings is 2. The minimum Gasteiger partial charge on any atom is -0.346 e. The molecule has 0 amide bonds. The molecule has 0 atom stereocenters. The number of aryl methyl sites for hydroxylation is 1. The van der Waals surface area contributed by atoms with Crippen molar-refractivity contribution in [2.45, 2.75) is 11.8 Å². The van der Waals surface area contributed by atoms with Gasteiger partial charge in [0.1, 0.15) is 17.3 Å². The molecule has 0 aliphatic heterocycles. The molecule has 4 heterocycles. The predicted octanol–water partition coefficient (Wildman–Crippen LogP) is 4.42. The van der Waals surface area contributed by atoms with Crippen molar-refractivity contribution in [2.24, 2.45) is 0 Å². The summed E-state index contributed by atoms with van der Waals surface area (Å²) in [5.41, 5.74) is 1.91. The van der Waals surface area contributed by atoms with Gasteiger partial charge in [0.2, 0.25) is 0 Å². The van der Waals surface area contributed by atoms with Gasteiger partial charge in [-0.25, -0.2) is 31.1 Å². The summed E-state index contributed by atoms with van der Waals surface area (Å²) < 4.78 is 51.7. The first-order valence-electron chi connectivity index (χ1n) is 8.88. The maximum Gasteiger partial charge on any atom is 0.269 e. The third-order valence-corrected chi connectivity index (χ3v) is 6.08. The summed E-state index contributed by atoms with van der Waals surface area (Å²) in [4.78, 5) is 10.7. The topological polar surface area (TPSA) is 80.6 Å². The SMILES string of the molecule is Cc1ccc(S(=O)(=O)n2ccc3cc(F)cnc32)cc1.Fc1cnc2[nH]ccc2c1. The van der Waals surface area contributed by atoms with Gasteiger partial charge in [0.15, 0.2) is 5.65 Å². The molecule has 30 heavy (non-hydrogen) atoms. The molecule has 0 unspecified atom stereocenters. The second-order valence-corrected chi connectivity index (χ2v) is 8.38. The lowest BCUT2D eigenvalue weighted by atomic mass is 10.2. The molecule has 0 radical (unpaired) electrons. The number of hydrogen-bond acceptors (Lipinski definition) is 4. The Hall–Kier alpha value is -3.59. The van der Waals surface area contributed by atoms with E-state index in [1.165, 1.54) is 30.6 Å². The summed E-state index contributed by atoms with van der Waals surface area (Å²) in [6, 6.07) is 12.5. The van der Waals surface area contributed by atoms with E-state index in [9.17, 15) is 17.2 Å². The number of hydrogen-bond donors (Lipinski definition) is 1. The van der Waals surface area contributed by atoms with E-state index < -0.39 is 15.8 Å². The van der Waals surface area contributed by atoms with Crippen LogP contribution in [0, 0.1) is 18.6 Å². The van der Waals surface area contributed by atoms with Crippen LogP contribution in [0.25, 0.3) is 22.1 Å². The van der Waals surface area contributed by atoms with Gasteiger partial charge in [-0.3, -0.25) is 0 Å². The summed E-state index contributed by atoms with van der Waals surface area (Å²) in [5.74, 6) is -0.796. The molecule has 152 valence electrons. The zero-order chi connectivity index (χ0) is 21.3. The molecule has 5 aromatic rings. The van der Waals surface area contributed by atoms with Crippen molar-refractivity contribution in [2.75, 3.05) is 0 Å². The highest BCUT2D eigenvalue weighted by molar-refractivity contribution is 7.90. The second-order valence-electron chi connectivity index (χ2n) is 6.57. The Morgan fingerprint density at radius 2 is 1.57 bits per heavy atom. The summed E-state index contributed by atoms with van der Waals surface area (Å²) in [7, 11) is -3.72. The van der Waals surface area contributed by atoms with Gasteiger partial charge in [0.25, 0.3) is 10.0 Å². The van der Waals surface area contributed by atoms with Gasteiger partial charge < -0.3 is 4.98 Å². The van der Waals surface area contributed by atoms with Crippen molar-refractivity contribution in [1.82, 2.24) is 18.9 Å². The van der Waals surface area contributed by atoms with E-state index in [2.05, 4.69) is 15.0 Å². The first-order chi connectivity index (χ1) is 14.3. The Labute approximate surface area is 170 Å². The van der Waals surface area contributed by atoms with Crippen LogP contribution >= 0.6 is 0 Å². The molecule has 0 bridgehead atoms. The molecular weight excluding hydrogens is 410 g/mol. The molecule has 0 aliphatic carbocycles. The Morgan fingerprint density at radius 1 is 0.900 bits per heavy atom. The first kappa shape index (κ1) is 19.7. The van der Waals surface area contributed by atoms with E-state index in [1.54, 1.807) is 36.5 Å². The van der Waals surface area contributed by atoms with Gasteiger partial charge in [-0.2, -0.15) is 0 Å². The molecule has 0 saturated heterocycles. The monoisotopic (exact) mass is 426 g/mol. The Balaban J connectivity index is 0.000000181. The average Bonchev–Trinajstić information content (AvgIpc) is 3.35. The molecule has 0 saturated carbocycles. The van der Waals surface area contributed by atoms with Gasteiger partial charge >= 0.3 is 0 Å². The van der Waals surface area contributed by atoms with E-state index >= 15 is 0 Å². The minimum atomic E-state index is -3.72. The zero-order valence-electron chi connectivity index (χ0n) is 15.8. The third kappa shape index (κ3) is 3.79. The summed E-state index contributed by atoms with van der Waals surface area (Å²) in [6.45, 7) is 1.88. The largest absolute Gasteiger partial charge is 0.346 e. The Kier molecular flexibility index (Phi) is 5.04. The van der Waals surface area contributed by atoms with Crippen LogP contribution in [0.2, 0.25) is 0 Å². The lowest BCUT2D eigenvalue weighted by Crippen LogP contribution is -2.12. The average molecular weight is 426 g/mol. The molecule has 1 aromatic carbocycles. The Bertz CT molecular complexity index is 1440. The highest BCUT2D eigenvalue weighted by Gasteiger charge is 2.19. The highest BCUT2D eigenvalue weighted by Crippen LogP contribution is 2.21.